The van der Waals surface area contributed by atoms with E-state index in [4.69, 9.17) is 4.98 Å². The summed E-state index contributed by atoms with van der Waals surface area (Å²) < 4.78 is 3.34. The van der Waals surface area contributed by atoms with Crippen LogP contribution < -0.4 is 4.90 Å². The second-order valence-corrected chi connectivity index (χ2v) is 7.04. The normalized spacial score (nSPS) is 11.2. The summed E-state index contributed by atoms with van der Waals surface area (Å²) >= 11 is 4.11. The van der Waals surface area contributed by atoms with E-state index in [1.165, 1.54) is 19.0 Å². The van der Waals surface area contributed by atoms with Crippen LogP contribution in [0.5, 0.6) is 0 Å². The van der Waals surface area contributed by atoms with Gasteiger partial charge in [-0.05, 0) is 53.3 Å². The highest BCUT2D eigenvalue weighted by molar-refractivity contribution is 14.1. The van der Waals surface area contributed by atoms with Gasteiger partial charge in [0.25, 0.3) is 0 Å². The molecule has 19 heavy (non-hydrogen) atoms. The summed E-state index contributed by atoms with van der Waals surface area (Å²) in [7, 11) is 4.12. The molecule has 0 saturated carbocycles. The van der Waals surface area contributed by atoms with Crippen LogP contribution in [0.25, 0.3) is 16.2 Å². The maximum atomic E-state index is 4.75. The summed E-state index contributed by atoms with van der Waals surface area (Å²) in [5.41, 5.74) is 3.29. The Bertz CT molecular complexity index is 742. The number of hydrogen-bond acceptors (Lipinski definition) is 3. The molecule has 3 heterocycles. The second kappa shape index (κ2) is 4.79. The summed E-state index contributed by atoms with van der Waals surface area (Å²) in [6, 6.07) is 6.44. The fourth-order valence-corrected chi connectivity index (χ4v) is 3.70. The molecule has 0 saturated heterocycles. The van der Waals surface area contributed by atoms with E-state index in [-0.39, 0.29) is 0 Å². The van der Waals surface area contributed by atoms with Gasteiger partial charge in [0.1, 0.15) is 5.65 Å². The van der Waals surface area contributed by atoms with Crippen LogP contribution in [0.1, 0.15) is 5.56 Å². The van der Waals surface area contributed by atoms with Crippen molar-refractivity contribution in [2.24, 2.45) is 0 Å². The first-order valence-electron chi connectivity index (χ1n) is 5.97. The molecule has 3 aromatic heterocycles. The van der Waals surface area contributed by atoms with Crippen LogP contribution in [0.2, 0.25) is 0 Å². The van der Waals surface area contributed by atoms with Gasteiger partial charge in [-0.2, -0.15) is 0 Å². The summed E-state index contributed by atoms with van der Waals surface area (Å²) in [6.07, 6.45) is 4.22. The summed E-state index contributed by atoms with van der Waals surface area (Å²) in [5, 5.41) is 1.25. The molecule has 0 aromatic carbocycles. The maximum Gasteiger partial charge on any atom is 0.140 e. The van der Waals surface area contributed by atoms with Crippen molar-refractivity contribution in [1.29, 1.82) is 0 Å². The largest absolute Gasteiger partial charge is 0.370 e. The van der Waals surface area contributed by atoms with Crippen LogP contribution in [0.15, 0.2) is 30.6 Å². The average molecular weight is 383 g/mol. The van der Waals surface area contributed by atoms with Crippen LogP contribution in [0.4, 0.5) is 5.00 Å². The molecule has 3 nitrogen and oxygen atoms in total. The Morgan fingerprint density at radius 2 is 2.05 bits per heavy atom. The van der Waals surface area contributed by atoms with Gasteiger partial charge in [0, 0.05) is 30.1 Å². The first-order chi connectivity index (χ1) is 9.04. The lowest BCUT2D eigenvalue weighted by Crippen LogP contribution is -2.05. The molecule has 0 aliphatic heterocycles. The minimum atomic E-state index is 1.04. The highest BCUT2D eigenvalue weighted by Gasteiger charge is 2.10. The van der Waals surface area contributed by atoms with Crippen molar-refractivity contribution in [3.8, 4) is 10.6 Å². The molecule has 0 N–H and O–H groups in total. The topological polar surface area (TPSA) is 20.5 Å². The Kier molecular flexibility index (Phi) is 3.26. The Morgan fingerprint density at radius 1 is 1.26 bits per heavy atom. The van der Waals surface area contributed by atoms with Crippen molar-refractivity contribution >= 4 is 44.6 Å². The molecule has 0 fully saturated rings. The zero-order valence-electron chi connectivity index (χ0n) is 11.0. The third-order valence-corrected chi connectivity index (χ3v) is 4.85. The van der Waals surface area contributed by atoms with Crippen molar-refractivity contribution in [2.45, 2.75) is 6.92 Å². The molecule has 0 unspecified atom stereocenters. The smallest absolute Gasteiger partial charge is 0.140 e. The zero-order valence-corrected chi connectivity index (χ0v) is 14.0. The Hall–Kier alpha value is -1.08. The molecule has 0 radical (unpaired) electrons. The number of hydrogen-bond donors (Lipinski definition) is 0. The standard InChI is InChI=1S/C14H14IN3S/c1-9-6-10(15)7-18-8-11(16-14(9)18)12-4-5-13(19-12)17(2)3/h4-8H,1-3H3. The van der Waals surface area contributed by atoms with Gasteiger partial charge in [0.05, 0.1) is 15.6 Å². The monoisotopic (exact) mass is 383 g/mol. The highest BCUT2D eigenvalue weighted by Crippen LogP contribution is 2.32. The number of anilines is 1. The molecule has 0 aliphatic carbocycles. The van der Waals surface area contributed by atoms with Crippen LogP contribution in [-0.2, 0) is 0 Å². The lowest BCUT2D eigenvalue weighted by molar-refractivity contribution is 1.15. The summed E-state index contributed by atoms with van der Waals surface area (Å²) in [5.74, 6) is 0. The highest BCUT2D eigenvalue weighted by atomic mass is 127. The number of fused-ring (bicyclic) bond motifs is 1. The van der Waals surface area contributed by atoms with Crippen molar-refractivity contribution < 1.29 is 0 Å². The van der Waals surface area contributed by atoms with E-state index >= 15 is 0 Å². The molecule has 3 rings (SSSR count). The van der Waals surface area contributed by atoms with Gasteiger partial charge in [0.15, 0.2) is 0 Å². The van der Waals surface area contributed by atoms with Gasteiger partial charge < -0.3 is 9.30 Å². The van der Waals surface area contributed by atoms with Crippen molar-refractivity contribution in [1.82, 2.24) is 9.38 Å². The fourth-order valence-electron chi connectivity index (χ4n) is 2.05. The van der Waals surface area contributed by atoms with Crippen LogP contribution in [0.3, 0.4) is 0 Å². The molecule has 0 spiro atoms. The van der Waals surface area contributed by atoms with Crippen LogP contribution in [0, 0.1) is 10.5 Å². The van der Waals surface area contributed by atoms with E-state index in [0.717, 1.165) is 11.3 Å². The van der Waals surface area contributed by atoms with E-state index in [1.807, 2.05) is 0 Å². The van der Waals surface area contributed by atoms with Gasteiger partial charge in [-0.3, -0.25) is 0 Å². The van der Waals surface area contributed by atoms with E-state index in [2.05, 4.69) is 83.5 Å². The third-order valence-electron chi connectivity index (χ3n) is 2.99. The number of imidazole rings is 1. The van der Waals surface area contributed by atoms with Crippen molar-refractivity contribution in [2.75, 3.05) is 19.0 Å². The number of pyridine rings is 1. The van der Waals surface area contributed by atoms with E-state index in [0.29, 0.717) is 0 Å². The van der Waals surface area contributed by atoms with Gasteiger partial charge in [-0.15, -0.1) is 11.3 Å². The molecule has 3 aromatic rings. The first kappa shape index (κ1) is 12.9. The van der Waals surface area contributed by atoms with Gasteiger partial charge >= 0.3 is 0 Å². The van der Waals surface area contributed by atoms with Gasteiger partial charge in [-0.1, -0.05) is 0 Å². The summed E-state index contributed by atoms with van der Waals surface area (Å²) in [6.45, 7) is 2.11. The van der Waals surface area contributed by atoms with Gasteiger partial charge in [0.2, 0.25) is 0 Å². The third kappa shape index (κ3) is 2.36. The Labute approximate surface area is 130 Å². The molecule has 98 valence electrons. The molecule has 5 heteroatoms. The quantitative estimate of drug-likeness (QED) is 0.623. The van der Waals surface area contributed by atoms with Crippen LogP contribution in [-0.4, -0.2) is 23.5 Å². The SMILES string of the molecule is Cc1cc(I)cn2cc(-c3ccc(N(C)C)s3)nc12. The predicted molar refractivity (Wildman–Crippen MR) is 90.3 cm³/mol. The lowest BCUT2D eigenvalue weighted by Gasteiger charge is -2.06. The second-order valence-electron chi connectivity index (χ2n) is 4.73. The predicted octanol–water partition coefficient (Wildman–Crippen LogP) is 4.04. The van der Waals surface area contributed by atoms with Gasteiger partial charge in [-0.25, -0.2) is 4.98 Å². The maximum absolute atomic E-state index is 4.75. The Morgan fingerprint density at radius 3 is 2.74 bits per heavy atom. The number of halogens is 1. The molecule has 0 atom stereocenters. The average Bonchev–Trinajstić information content (AvgIpc) is 2.92. The molecule has 0 bridgehead atoms. The number of nitrogens with zero attached hydrogens (tertiary/aromatic N) is 3. The van der Waals surface area contributed by atoms with Crippen LogP contribution >= 0.6 is 33.9 Å². The number of aryl methyl sites for hydroxylation is 1. The van der Waals surface area contributed by atoms with E-state index in [9.17, 15) is 0 Å². The fraction of sp³-hybridized carbons (Fsp3) is 0.214. The zero-order chi connectivity index (χ0) is 13.6. The molecule has 0 amide bonds. The minimum absolute atomic E-state index is 1.04. The van der Waals surface area contributed by atoms with Crippen molar-refractivity contribution in [3.05, 3.63) is 39.7 Å². The molecular weight excluding hydrogens is 369 g/mol. The first-order valence-corrected chi connectivity index (χ1v) is 7.86. The van der Waals surface area contributed by atoms with Crippen molar-refractivity contribution in [3.63, 3.8) is 0 Å². The lowest BCUT2D eigenvalue weighted by atomic mass is 10.3. The van der Waals surface area contributed by atoms with E-state index in [1.54, 1.807) is 11.3 Å². The van der Waals surface area contributed by atoms with E-state index < -0.39 is 0 Å². The molecular formula is C14H14IN3S. The summed E-state index contributed by atoms with van der Waals surface area (Å²) in [4.78, 5) is 8.08. The molecule has 0 aliphatic rings. The number of thiophene rings is 1. The number of aromatic nitrogens is 2. The minimum Gasteiger partial charge on any atom is -0.370 e. The number of rotatable bonds is 2. The Balaban J connectivity index is 2.12.